The molecular formula is C23H24FN3O3S. The van der Waals surface area contributed by atoms with Crippen LogP contribution in [0, 0.1) is 5.82 Å². The van der Waals surface area contributed by atoms with Gasteiger partial charge in [0.1, 0.15) is 11.6 Å². The molecule has 0 saturated carbocycles. The van der Waals surface area contributed by atoms with E-state index in [1.807, 2.05) is 16.7 Å². The molecule has 31 heavy (non-hydrogen) atoms. The number of thioether (sulfide) groups is 1. The van der Waals surface area contributed by atoms with Crippen LogP contribution >= 0.6 is 11.8 Å². The molecule has 1 aliphatic rings. The van der Waals surface area contributed by atoms with Gasteiger partial charge in [-0.25, -0.2) is 4.39 Å². The molecule has 1 aromatic heterocycles. The van der Waals surface area contributed by atoms with Gasteiger partial charge >= 0.3 is 0 Å². The molecule has 1 aliphatic heterocycles. The molecule has 0 bridgehead atoms. The zero-order valence-electron chi connectivity index (χ0n) is 17.3. The summed E-state index contributed by atoms with van der Waals surface area (Å²) in [6, 6.07) is 13.5. The van der Waals surface area contributed by atoms with Gasteiger partial charge in [0.05, 0.1) is 24.8 Å². The molecule has 1 fully saturated rings. The minimum absolute atomic E-state index is 0.0245. The summed E-state index contributed by atoms with van der Waals surface area (Å²) >= 11 is 1.53. The van der Waals surface area contributed by atoms with Gasteiger partial charge in [0, 0.05) is 17.9 Å². The van der Waals surface area contributed by atoms with Gasteiger partial charge in [0.25, 0.3) is 0 Å². The molecule has 162 valence electrons. The highest BCUT2D eigenvalue weighted by Gasteiger charge is 2.22. The van der Waals surface area contributed by atoms with Crippen LogP contribution in [0.25, 0.3) is 11.4 Å². The minimum atomic E-state index is -0.286. The van der Waals surface area contributed by atoms with E-state index in [1.165, 1.54) is 30.8 Å². The lowest BCUT2D eigenvalue weighted by molar-refractivity contribution is 0.0953. The lowest BCUT2D eigenvalue weighted by Crippen LogP contribution is -2.17. The number of Topliss-reactive ketones (excluding diaryl/α,β-unsaturated/α-hetero) is 1. The predicted octanol–water partition coefficient (Wildman–Crippen LogP) is 4.64. The molecule has 0 N–H and O–H groups in total. The predicted molar refractivity (Wildman–Crippen MR) is 117 cm³/mol. The second-order valence-electron chi connectivity index (χ2n) is 7.31. The molecule has 0 aliphatic carbocycles. The fourth-order valence-corrected chi connectivity index (χ4v) is 4.30. The van der Waals surface area contributed by atoms with Gasteiger partial charge in [-0.15, -0.1) is 10.2 Å². The van der Waals surface area contributed by atoms with Gasteiger partial charge in [0.2, 0.25) is 0 Å². The Morgan fingerprint density at radius 3 is 2.77 bits per heavy atom. The number of carbonyl (C=O) groups is 1. The molecule has 0 spiro atoms. The second-order valence-corrected chi connectivity index (χ2v) is 8.37. The highest BCUT2D eigenvalue weighted by Crippen LogP contribution is 2.27. The maximum Gasteiger partial charge on any atom is 0.191 e. The highest BCUT2D eigenvalue weighted by atomic mass is 32.2. The fourth-order valence-electron chi connectivity index (χ4n) is 3.53. The van der Waals surface area contributed by atoms with E-state index < -0.39 is 0 Å². The minimum Gasteiger partial charge on any atom is -0.492 e. The first-order valence-electron chi connectivity index (χ1n) is 10.3. The monoisotopic (exact) mass is 441 g/mol. The molecule has 6 nitrogen and oxygen atoms in total. The maximum atomic E-state index is 13.4. The van der Waals surface area contributed by atoms with Crippen molar-refractivity contribution < 1.29 is 18.7 Å². The number of hydrogen-bond acceptors (Lipinski definition) is 6. The normalized spacial score (nSPS) is 15.9. The third kappa shape index (κ3) is 5.32. The van der Waals surface area contributed by atoms with Gasteiger partial charge < -0.3 is 9.47 Å². The van der Waals surface area contributed by atoms with Crippen LogP contribution in [-0.2, 0) is 11.3 Å². The van der Waals surface area contributed by atoms with Crippen LogP contribution < -0.4 is 4.74 Å². The van der Waals surface area contributed by atoms with Crippen molar-refractivity contribution in [2.24, 2.45) is 0 Å². The number of rotatable bonds is 9. The van der Waals surface area contributed by atoms with E-state index in [0.29, 0.717) is 36.0 Å². The summed E-state index contributed by atoms with van der Waals surface area (Å²) in [6.07, 6.45) is 2.16. The molecule has 1 atom stereocenters. The summed E-state index contributed by atoms with van der Waals surface area (Å²) in [5.74, 6) is 1.61. The van der Waals surface area contributed by atoms with Crippen LogP contribution in [0.4, 0.5) is 4.39 Å². The molecule has 2 aromatic carbocycles. The van der Waals surface area contributed by atoms with Crippen molar-refractivity contribution in [3.63, 3.8) is 0 Å². The standard InChI is InChI=1S/C23H24FN3O3S/c1-16(28)20-6-2-3-7-21(20)30-13-14-31-23-26-25-22(17-8-10-18(24)11-9-17)27(23)15-19-5-4-12-29-19/h2-3,6-11,19H,4-5,12-15H2,1H3. The average Bonchev–Trinajstić information content (AvgIpc) is 3.43. The maximum absolute atomic E-state index is 13.4. The Kier molecular flexibility index (Phi) is 6.99. The van der Waals surface area contributed by atoms with Crippen molar-refractivity contribution in [1.82, 2.24) is 14.8 Å². The highest BCUT2D eigenvalue weighted by molar-refractivity contribution is 7.99. The van der Waals surface area contributed by atoms with Gasteiger partial charge in [-0.2, -0.15) is 0 Å². The largest absolute Gasteiger partial charge is 0.492 e. The lowest BCUT2D eigenvalue weighted by Gasteiger charge is -2.15. The lowest BCUT2D eigenvalue weighted by atomic mass is 10.1. The number of carbonyl (C=O) groups excluding carboxylic acids is 1. The summed E-state index contributed by atoms with van der Waals surface area (Å²) in [5.41, 5.74) is 1.39. The Hall–Kier alpha value is -2.71. The van der Waals surface area contributed by atoms with E-state index in [9.17, 15) is 9.18 Å². The zero-order chi connectivity index (χ0) is 21.6. The van der Waals surface area contributed by atoms with Crippen molar-refractivity contribution in [2.45, 2.75) is 37.6 Å². The number of aromatic nitrogens is 3. The van der Waals surface area contributed by atoms with E-state index in [2.05, 4.69) is 10.2 Å². The Morgan fingerprint density at radius 1 is 1.23 bits per heavy atom. The molecule has 1 saturated heterocycles. The summed E-state index contributed by atoms with van der Waals surface area (Å²) in [5, 5.41) is 9.49. The quantitative estimate of drug-likeness (QED) is 0.274. The molecule has 0 radical (unpaired) electrons. The summed E-state index contributed by atoms with van der Waals surface area (Å²) in [4.78, 5) is 11.7. The summed E-state index contributed by atoms with van der Waals surface area (Å²) < 4.78 is 27.0. The number of halogens is 1. The van der Waals surface area contributed by atoms with Crippen molar-refractivity contribution in [3.8, 4) is 17.1 Å². The third-order valence-electron chi connectivity index (χ3n) is 5.07. The number of para-hydroxylation sites is 1. The first kappa shape index (κ1) is 21.5. The Balaban J connectivity index is 1.46. The van der Waals surface area contributed by atoms with Crippen LogP contribution in [0.3, 0.4) is 0 Å². The topological polar surface area (TPSA) is 66.2 Å². The molecule has 4 rings (SSSR count). The van der Waals surface area contributed by atoms with Gasteiger partial charge in [-0.3, -0.25) is 9.36 Å². The first-order chi connectivity index (χ1) is 15.1. The number of ether oxygens (including phenoxy) is 2. The summed E-state index contributed by atoms with van der Waals surface area (Å²) in [6.45, 7) is 3.37. The fraction of sp³-hybridized carbons (Fsp3) is 0.348. The Morgan fingerprint density at radius 2 is 2.03 bits per heavy atom. The summed E-state index contributed by atoms with van der Waals surface area (Å²) in [7, 11) is 0. The van der Waals surface area contributed by atoms with Crippen LogP contribution in [0.2, 0.25) is 0 Å². The number of hydrogen-bond donors (Lipinski definition) is 0. The number of ketones is 1. The average molecular weight is 442 g/mol. The number of nitrogens with zero attached hydrogens (tertiary/aromatic N) is 3. The van der Waals surface area contributed by atoms with E-state index >= 15 is 0 Å². The van der Waals surface area contributed by atoms with E-state index in [0.717, 1.165) is 30.2 Å². The van der Waals surface area contributed by atoms with Crippen molar-refractivity contribution in [1.29, 1.82) is 0 Å². The van der Waals surface area contributed by atoms with Crippen molar-refractivity contribution >= 4 is 17.5 Å². The number of benzene rings is 2. The van der Waals surface area contributed by atoms with Crippen LogP contribution in [0.15, 0.2) is 53.7 Å². The van der Waals surface area contributed by atoms with Gasteiger partial charge in [0.15, 0.2) is 16.8 Å². The molecule has 2 heterocycles. The Labute approximate surface area is 184 Å². The van der Waals surface area contributed by atoms with Crippen molar-refractivity contribution in [2.75, 3.05) is 19.0 Å². The molecular weight excluding hydrogens is 417 g/mol. The van der Waals surface area contributed by atoms with E-state index in [4.69, 9.17) is 9.47 Å². The van der Waals surface area contributed by atoms with Crippen LogP contribution in [0.5, 0.6) is 5.75 Å². The Bertz CT molecular complexity index is 1030. The van der Waals surface area contributed by atoms with Crippen molar-refractivity contribution in [3.05, 3.63) is 59.9 Å². The van der Waals surface area contributed by atoms with Gasteiger partial charge in [-0.05, 0) is 56.2 Å². The zero-order valence-corrected chi connectivity index (χ0v) is 18.1. The van der Waals surface area contributed by atoms with E-state index in [1.54, 1.807) is 24.3 Å². The smallest absolute Gasteiger partial charge is 0.191 e. The molecule has 0 amide bonds. The van der Waals surface area contributed by atoms with Gasteiger partial charge in [-0.1, -0.05) is 23.9 Å². The van der Waals surface area contributed by atoms with Crippen LogP contribution in [0.1, 0.15) is 30.1 Å². The molecule has 3 aromatic rings. The second kappa shape index (κ2) is 10.1. The van der Waals surface area contributed by atoms with Crippen LogP contribution in [-0.4, -0.2) is 45.6 Å². The molecule has 8 heteroatoms. The SMILES string of the molecule is CC(=O)c1ccccc1OCCSc1nnc(-c2ccc(F)cc2)n1CC1CCCO1. The first-order valence-corrected chi connectivity index (χ1v) is 11.3. The van der Waals surface area contributed by atoms with E-state index in [-0.39, 0.29) is 17.7 Å². The molecule has 1 unspecified atom stereocenters. The third-order valence-corrected chi connectivity index (χ3v) is 6.00.